The van der Waals surface area contributed by atoms with E-state index in [0.29, 0.717) is 24.9 Å². The van der Waals surface area contributed by atoms with E-state index in [9.17, 15) is 4.79 Å². The average molecular weight is 224 g/mol. The van der Waals surface area contributed by atoms with Gasteiger partial charge in [0.1, 0.15) is 0 Å². The summed E-state index contributed by atoms with van der Waals surface area (Å²) in [5, 5.41) is 9.57. The third-order valence-corrected chi connectivity index (χ3v) is 2.51. The van der Waals surface area contributed by atoms with Crippen LogP contribution in [0.2, 0.25) is 0 Å². The third-order valence-electron chi connectivity index (χ3n) is 2.51. The molecule has 1 heterocycles. The standard InChI is InChI=1S/C10H16N4O2/c1-7(10(15)14-8-2-3-8)11-5-4-9-12-6-13-16-9/h6-8,11H,2-5H2,1H3,(H,14,15). The third kappa shape index (κ3) is 3.30. The number of rotatable bonds is 6. The lowest BCUT2D eigenvalue weighted by molar-refractivity contribution is -0.122. The second-order valence-electron chi connectivity index (χ2n) is 4.04. The fourth-order valence-electron chi connectivity index (χ4n) is 1.35. The van der Waals surface area contributed by atoms with Crippen LogP contribution in [-0.2, 0) is 11.2 Å². The molecule has 1 fully saturated rings. The van der Waals surface area contributed by atoms with Gasteiger partial charge in [-0.3, -0.25) is 4.79 Å². The van der Waals surface area contributed by atoms with Gasteiger partial charge in [-0.25, -0.2) is 0 Å². The lowest BCUT2D eigenvalue weighted by Gasteiger charge is -2.12. The van der Waals surface area contributed by atoms with E-state index in [-0.39, 0.29) is 11.9 Å². The highest BCUT2D eigenvalue weighted by Crippen LogP contribution is 2.18. The lowest BCUT2D eigenvalue weighted by atomic mass is 10.3. The highest BCUT2D eigenvalue weighted by Gasteiger charge is 2.25. The van der Waals surface area contributed by atoms with Crippen LogP contribution in [0.15, 0.2) is 10.9 Å². The summed E-state index contributed by atoms with van der Waals surface area (Å²) < 4.78 is 4.85. The quantitative estimate of drug-likeness (QED) is 0.703. The normalized spacial score (nSPS) is 17.1. The Balaban J connectivity index is 1.62. The van der Waals surface area contributed by atoms with Gasteiger partial charge in [0.15, 0.2) is 6.33 Å². The molecule has 1 aliphatic rings. The molecule has 1 saturated carbocycles. The number of hydrogen-bond donors (Lipinski definition) is 2. The monoisotopic (exact) mass is 224 g/mol. The van der Waals surface area contributed by atoms with E-state index in [1.807, 2.05) is 6.92 Å². The van der Waals surface area contributed by atoms with Gasteiger partial charge in [0, 0.05) is 19.0 Å². The molecule has 2 N–H and O–H groups in total. The first-order chi connectivity index (χ1) is 7.75. The van der Waals surface area contributed by atoms with E-state index in [4.69, 9.17) is 4.52 Å². The van der Waals surface area contributed by atoms with E-state index in [0.717, 1.165) is 12.8 Å². The molecule has 6 heteroatoms. The Morgan fingerprint density at radius 3 is 3.12 bits per heavy atom. The minimum absolute atomic E-state index is 0.0630. The number of carbonyl (C=O) groups excluding carboxylic acids is 1. The molecule has 0 spiro atoms. The Morgan fingerprint density at radius 1 is 1.69 bits per heavy atom. The summed E-state index contributed by atoms with van der Waals surface area (Å²) in [5.74, 6) is 0.648. The summed E-state index contributed by atoms with van der Waals surface area (Å²) in [6.07, 6.45) is 4.24. The lowest BCUT2D eigenvalue weighted by Crippen LogP contribution is -2.43. The number of nitrogens with one attached hydrogen (secondary N) is 2. The summed E-state index contributed by atoms with van der Waals surface area (Å²) in [4.78, 5) is 15.5. The van der Waals surface area contributed by atoms with Crippen molar-refractivity contribution in [1.82, 2.24) is 20.8 Å². The summed E-state index contributed by atoms with van der Waals surface area (Å²) in [5.41, 5.74) is 0. The van der Waals surface area contributed by atoms with E-state index in [1.165, 1.54) is 6.33 Å². The summed E-state index contributed by atoms with van der Waals surface area (Å²) in [6.45, 7) is 2.51. The highest BCUT2D eigenvalue weighted by molar-refractivity contribution is 5.81. The molecule has 1 aromatic heterocycles. The van der Waals surface area contributed by atoms with Gasteiger partial charge >= 0.3 is 0 Å². The molecule has 1 amide bonds. The second kappa shape index (κ2) is 5.07. The highest BCUT2D eigenvalue weighted by atomic mass is 16.5. The summed E-state index contributed by atoms with van der Waals surface area (Å²) >= 11 is 0. The molecule has 2 rings (SSSR count). The van der Waals surface area contributed by atoms with Crippen LogP contribution in [0, 0.1) is 0 Å². The summed E-state index contributed by atoms with van der Waals surface area (Å²) in [7, 11) is 0. The molecular weight excluding hydrogens is 208 g/mol. The van der Waals surface area contributed by atoms with E-state index in [2.05, 4.69) is 20.8 Å². The molecule has 0 saturated heterocycles. The van der Waals surface area contributed by atoms with E-state index in [1.54, 1.807) is 0 Å². The van der Waals surface area contributed by atoms with Crippen LogP contribution in [0.5, 0.6) is 0 Å². The number of aromatic nitrogens is 2. The molecule has 6 nitrogen and oxygen atoms in total. The number of hydrogen-bond acceptors (Lipinski definition) is 5. The minimum Gasteiger partial charge on any atom is -0.352 e. The molecule has 16 heavy (non-hydrogen) atoms. The van der Waals surface area contributed by atoms with Crippen molar-refractivity contribution in [1.29, 1.82) is 0 Å². The van der Waals surface area contributed by atoms with Gasteiger partial charge in [0.2, 0.25) is 11.8 Å². The first-order valence-electron chi connectivity index (χ1n) is 5.55. The van der Waals surface area contributed by atoms with Crippen LogP contribution in [0.4, 0.5) is 0 Å². The van der Waals surface area contributed by atoms with Gasteiger partial charge in [-0.15, -0.1) is 0 Å². The van der Waals surface area contributed by atoms with Crippen molar-refractivity contribution in [2.75, 3.05) is 6.54 Å². The van der Waals surface area contributed by atoms with Crippen LogP contribution in [-0.4, -0.2) is 34.7 Å². The van der Waals surface area contributed by atoms with Crippen LogP contribution < -0.4 is 10.6 Å². The Labute approximate surface area is 93.8 Å². The van der Waals surface area contributed by atoms with Crippen LogP contribution in [0.25, 0.3) is 0 Å². The van der Waals surface area contributed by atoms with Crippen molar-refractivity contribution in [3.8, 4) is 0 Å². The topological polar surface area (TPSA) is 80.1 Å². The maximum absolute atomic E-state index is 11.6. The Bertz CT molecular complexity index is 335. The van der Waals surface area contributed by atoms with Gasteiger partial charge in [0.05, 0.1) is 6.04 Å². The van der Waals surface area contributed by atoms with Crippen LogP contribution in [0.1, 0.15) is 25.7 Å². The molecule has 0 aliphatic heterocycles. The molecule has 1 atom stereocenters. The van der Waals surface area contributed by atoms with Gasteiger partial charge in [0.25, 0.3) is 0 Å². The molecular formula is C10H16N4O2. The predicted molar refractivity (Wildman–Crippen MR) is 56.6 cm³/mol. The fourth-order valence-corrected chi connectivity index (χ4v) is 1.35. The Hall–Kier alpha value is -1.43. The maximum atomic E-state index is 11.6. The second-order valence-corrected chi connectivity index (χ2v) is 4.04. The molecule has 1 aliphatic carbocycles. The van der Waals surface area contributed by atoms with Crippen molar-refractivity contribution < 1.29 is 9.32 Å². The van der Waals surface area contributed by atoms with E-state index >= 15 is 0 Å². The minimum atomic E-state index is -0.177. The smallest absolute Gasteiger partial charge is 0.237 e. The van der Waals surface area contributed by atoms with Gasteiger partial charge in [-0.2, -0.15) is 4.98 Å². The SMILES string of the molecule is CC(NCCc1ncno1)C(=O)NC1CC1. The number of carbonyl (C=O) groups is 1. The van der Waals surface area contributed by atoms with E-state index < -0.39 is 0 Å². The molecule has 1 unspecified atom stereocenters. The zero-order valence-electron chi connectivity index (χ0n) is 9.27. The largest absolute Gasteiger partial charge is 0.352 e. The number of nitrogens with zero attached hydrogens (tertiary/aromatic N) is 2. The first kappa shape index (κ1) is 11.1. The summed E-state index contributed by atoms with van der Waals surface area (Å²) in [6, 6.07) is 0.233. The number of amides is 1. The molecule has 88 valence electrons. The Morgan fingerprint density at radius 2 is 2.50 bits per heavy atom. The van der Waals surface area contributed by atoms with Crippen LogP contribution >= 0.6 is 0 Å². The van der Waals surface area contributed by atoms with Gasteiger partial charge in [-0.1, -0.05) is 5.16 Å². The fraction of sp³-hybridized carbons (Fsp3) is 0.700. The zero-order valence-corrected chi connectivity index (χ0v) is 9.27. The molecule has 1 aromatic rings. The molecule has 0 aromatic carbocycles. The van der Waals surface area contributed by atoms with Crippen molar-refractivity contribution in [3.63, 3.8) is 0 Å². The van der Waals surface area contributed by atoms with Crippen molar-refractivity contribution in [2.45, 2.75) is 38.3 Å². The Kier molecular flexibility index (Phi) is 3.51. The molecule has 0 radical (unpaired) electrons. The van der Waals surface area contributed by atoms with Crippen LogP contribution in [0.3, 0.4) is 0 Å². The predicted octanol–water partition coefficient (Wildman–Crippen LogP) is -0.131. The van der Waals surface area contributed by atoms with Crippen molar-refractivity contribution in [2.24, 2.45) is 0 Å². The first-order valence-corrected chi connectivity index (χ1v) is 5.55. The zero-order chi connectivity index (χ0) is 11.4. The maximum Gasteiger partial charge on any atom is 0.237 e. The van der Waals surface area contributed by atoms with Gasteiger partial charge in [-0.05, 0) is 19.8 Å². The average Bonchev–Trinajstić information content (AvgIpc) is 2.93. The van der Waals surface area contributed by atoms with Gasteiger partial charge < -0.3 is 15.2 Å². The van der Waals surface area contributed by atoms with Crippen molar-refractivity contribution in [3.05, 3.63) is 12.2 Å². The molecule has 0 bridgehead atoms. The van der Waals surface area contributed by atoms with Crippen molar-refractivity contribution >= 4 is 5.91 Å².